The van der Waals surface area contributed by atoms with Gasteiger partial charge in [0, 0.05) is 39.2 Å². The van der Waals surface area contributed by atoms with Gasteiger partial charge in [-0.3, -0.25) is 5.43 Å². The van der Waals surface area contributed by atoms with Crippen molar-refractivity contribution in [2.45, 2.75) is 0 Å². The maximum Gasteiger partial charge on any atom is 0.226 e. The van der Waals surface area contributed by atoms with E-state index in [2.05, 4.69) is 15.8 Å². The Balaban J connectivity index is 2.19. The molecule has 1 aromatic heterocycles. The first kappa shape index (κ1) is 11.3. The molecule has 17 heavy (non-hydrogen) atoms. The highest BCUT2D eigenvalue weighted by Crippen LogP contribution is 2.12. The third-order valence-corrected chi connectivity index (χ3v) is 2.60. The Morgan fingerprint density at radius 3 is 2.00 bits per heavy atom. The molecule has 2 rings (SSSR count). The standard InChI is InChI=1S/C12H17N5/c1-13-10-4-6-11(7-5-10)14-15-12-16(2)8-9-17(12)3/h4-9,13-14H,1-3H3. The van der Waals surface area contributed by atoms with Gasteiger partial charge in [-0.1, -0.05) is 0 Å². The number of aromatic nitrogens is 2. The summed E-state index contributed by atoms with van der Waals surface area (Å²) in [5.41, 5.74) is 5.95. The smallest absolute Gasteiger partial charge is 0.226 e. The van der Waals surface area contributed by atoms with E-state index >= 15 is 0 Å². The lowest BCUT2D eigenvalue weighted by Crippen LogP contribution is -2.23. The Morgan fingerprint density at radius 2 is 1.47 bits per heavy atom. The minimum absolute atomic E-state index is 0.864. The van der Waals surface area contributed by atoms with E-state index in [1.807, 2.05) is 66.9 Å². The molecule has 0 aliphatic rings. The first-order valence-electron chi connectivity index (χ1n) is 5.46. The van der Waals surface area contributed by atoms with Gasteiger partial charge in [0.1, 0.15) is 0 Å². The van der Waals surface area contributed by atoms with Crippen molar-refractivity contribution in [1.82, 2.24) is 9.13 Å². The summed E-state index contributed by atoms with van der Waals surface area (Å²) >= 11 is 0. The number of imidazole rings is 1. The molecule has 0 spiro atoms. The van der Waals surface area contributed by atoms with E-state index in [4.69, 9.17) is 0 Å². The Hall–Kier alpha value is -2.17. The number of rotatable bonds is 3. The Labute approximate surface area is 100 Å². The van der Waals surface area contributed by atoms with Gasteiger partial charge in [0.15, 0.2) is 0 Å². The van der Waals surface area contributed by atoms with Gasteiger partial charge in [0.2, 0.25) is 5.62 Å². The van der Waals surface area contributed by atoms with Gasteiger partial charge in [-0.05, 0) is 24.3 Å². The van der Waals surface area contributed by atoms with Gasteiger partial charge in [-0.25, -0.2) is 0 Å². The maximum atomic E-state index is 4.35. The minimum atomic E-state index is 0.864. The van der Waals surface area contributed by atoms with Crippen molar-refractivity contribution in [1.29, 1.82) is 0 Å². The summed E-state index contributed by atoms with van der Waals surface area (Å²) in [6, 6.07) is 7.97. The molecule has 90 valence electrons. The number of benzene rings is 1. The van der Waals surface area contributed by atoms with Gasteiger partial charge in [0.25, 0.3) is 0 Å². The van der Waals surface area contributed by atoms with Crippen molar-refractivity contribution in [2.75, 3.05) is 17.8 Å². The van der Waals surface area contributed by atoms with Crippen LogP contribution in [0.3, 0.4) is 0 Å². The predicted molar refractivity (Wildman–Crippen MR) is 69.6 cm³/mol. The lowest BCUT2D eigenvalue weighted by molar-refractivity contribution is 0.736. The number of aryl methyl sites for hydroxylation is 2. The highest BCUT2D eigenvalue weighted by molar-refractivity contribution is 5.52. The molecule has 0 atom stereocenters. The van der Waals surface area contributed by atoms with Crippen LogP contribution in [0.1, 0.15) is 0 Å². The molecule has 0 amide bonds. The topological polar surface area (TPSA) is 46.3 Å². The Kier molecular flexibility index (Phi) is 3.18. The second kappa shape index (κ2) is 4.78. The van der Waals surface area contributed by atoms with E-state index in [9.17, 15) is 0 Å². The summed E-state index contributed by atoms with van der Waals surface area (Å²) in [5, 5.41) is 7.42. The van der Waals surface area contributed by atoms with Gasteiger partial charge in [-0.2, -0.15) is 0 Å². The molecule has 0 radical (unpaired) electrons. The molecule has 0 bridgehead atoms. The minimum Gasteiger partial charge on any atom is -0.388 e. The monoisotopic (exact) mass is 231 g/mol. The predicted octanol–water partition coefficient (Wildman–Crippen LogP) is 1.33. The van der Waals surface area contributed by atoms with Crippen molar-refractivity contribution < 1.29 is 0 Å². The fourth-order valence-electron chi connectivity index (χ4n) is 1.57. The normalized spacial score (nSPS) is 10.1. The zero-order valence-electron chi connectivity index (χ0n) is 10.3. The molecule has 1 heterocycles. The third-order valence-electron chi connectivity index (χ3n) is 2.60. The van der Waals surface area contributed by atoms with Crippen LogP contribution in [0.2, 0.25) is 0 Å². The first-order chi connectivity index (χ1) is 8.20. The largest absolute Gasteiger partial charge is 0.388 e. The van der Waals surface area contributed by atoms with Crippen molar-refractivity contribution in [2.24, 2.45) is 19.2 Å². The van der Waals surface area contributed by atoms with Crippen LogP contribution in [0.25, 0.3) is 0 Å². The second-order valence-corrected chi connectivity index (χ2v) is 3.87. The maximum absolute atomic E-state index is 4.35. The number of nitrogens with one attached hydrogen (secondary N) is 2. The number of anilines is 2. The van der Waals surface area contributed by atoms with Crippen LogP contribution >= 0.6 is 0 Å². The van der Waals surface area contributed by atoms with E-state index in [0.717, 1.165) is 17.0 Å². The fraction of sp³-hybridized carbons (Fsp3) is 0.250. The van der Waals surface area contributed by atoms with E-state index < -0.39 is 0 Å². The van der Waals surface area contributed by atoms with Crippen LogP contribution < -0.4 is 16.4 Å². The quantitative estimate of drug-likeness (QED) is 0.783. The third kappa shape index (κ3) is 2.50. The number of hydrogen-bond donors (Lipinski definition) is 2. The Bertz CT molecular complexity index is 525. The lowest BCUT2D eigenvalue weighted by Gasteiger charge is -2.03. The van der Waals surface area contributed by atoms with E-state index in [-0.39, 0.29) is 0 Å². The molecular formula is C12H17N5. The molecule has 5 nitrogen and oxygen atoms in total. The van der Waals surface area contributed by atoms with Gasteiger partial charge >= 0.3 is 0 Å². The molecule has 0 aliphatic heterocycles. The summed E-state index contributed by atoms with van der Waals surface area (Å²) in [6.07, 6.45) is 3.93. The van der Waals surface area contributed by atoms with Crippen LogP contribution in [0.4, 0.5) is 11.4 Å². The number of hydrogen-bond acceptors (Lipinski definition) is 3. The molecule has 0 saturated heterocycles. The lowest BCUT2D eigenvalue weighted by atomic mass is 10.3. The summed E-state index contributed by atoms with van der Waals surface area (Å²) in [5.74, 6) is 0. The summed E-state index contributed by atoms with van der Waals surface area (Å²) in [6.45, 7) is 0. The summed E-state index contributed by atoms with van der Waals surface area (Å²) in [4.78, 5) is 0. The molecule has 0 unspecified atom stereocenters. The molecule has 0 saturated carbocycles. The molecular weight excluding hydrogens is 214 g/mol. The summed E-state index contributed by atoms with van der Waals surface area (Å²) < 4.78 is 3.91. The second-order valence-electron chi connectivity index (χ2n) is 3.87. The van der Waals surface area contributed by atoms with Crippen LogP contribution in [-0.4, -0.2) is 16.2 Å². The molecule has 5 heteroatoms. The van der Waals surface area contributed by atoms with Crippen molar-refractivity contribution in [3.63, 3.8) is 0 Å². The zero-order chi connectivity index (χ0) is 12.3. The van der Waals surface area contributed by atoms with E-state index in [1.165, 1.54) is 0 Å². The molecule has 2 aromatic rings. The fourth-order valence-corrected chi connectivity index (χ4v) is 1.57. The van der Waals surface area contributed by atoms with Crippen LogP contribution in [0.5, 0.6) is 0 Å². The van der Waals surface area contributed by atoms with Crippen LogP contribution in [-0.2, 0) is 14.1 Å². The zero-order valence-corrected chi connectivity index (χ0v) is 10.3. The average Bonchev–Trinajstić information content (AvgIpc) is 2.67. The van der Waals surface area contributed by atoms with E-state index in [1.54, 1.807) is 0 Å². The highest BCUT2D eigenvalue weighted by atomic mass is 15.3. The summed E-state index contributed by atoms with van der Waals surface area (Å²) in [7, 11) is 5.83. The number of nitrogens with zero attached hydrogens (tertiary/aromatic N) is 3. The molecule has 0 fully saturated rings. The van der Waals surface area contributed by atoms with Crippen molar-refractivity contribution in [3.8, 4) is 0 Å². The highest BCUT2D eigenvalue weighted by Gasteiger charge is 1.94. The van der Waals surface area contributed by atoms with Gasteiger partial charge in [-0.15, -0.1) is 5.10 Å². The Morgan fingerprint density at radius 1 is 0.941 bits per heavy atom. The van der Waals surface area contributed by atoms with Gasteiger partial charge in [0.05, 0.1) is 5.69 Å². The van der Waals surface area contributed by atoms with Crippen LogP contribution in [0.15, 0.2) is 41.8 Å². The molecule has 0 aliphatic carbocycles. The molecule has 2 N–H and O–H groups in total. The van der Waals surface area contributed by atoms with Crippen LogP contribution in [0, 0.1) is 0 Å². The SMILES string of the molecule is CNc1ccc(NN=c2n(C)ccn2C)cc1. The first-order valence-corrected chi connectivity index (χ1v) is 5.46. The van der Waals surface area contributed by atoms with Crippen molar-refractivity contribution >= 4 is 11.4 Å². The average molecular weight is 231 g/mol. The van der Waals surface area contributed by atoms with E-state index in [0.29, 0.717) is 0 Å². The van der Waals surface area contributed by atoms with Crippen molar-refractivity contribution in [3.05, 3.63) is 42.3 Å². The molecule has 1 aromatic carbocycles. The van der Waals surface area contributed by atoms with Gasteiger partial charge < -0.3 is 14.5 Å².